The molecule has 2 aromatic carbocycles. The number of carbonyl (C=O) groups is 1. The Labute approximate surface area is 176 Å². The second kappa shape index (κ2) is 9.43. The molecule has 0 aliphatic carbocycles. The lowest BCUT2D eigenvalue weighted by Gasteiger charge is -2.24. The van der Waals surface area contributed by atoms with Gasteiger partial charge in [-0.25, -0.2) is 0 Å². The number of piperidine rings is 1. The normalized spacial score (nSPS) is 14.9. The number of carbonyl (C=O) groups excluding carboxylic acids is 1. The molecule has 7 heteroatoms. The molecule has 156 valence electrons. The van der Waals surface area contributed by atoms with Crippen LogP contribution in [0.1, 0.15) is 42.3 Å². The molecule has 1 aromatic heterocycles. The van der Waals surface area contributed by atoms with Gasteiger partial charge in [-0.1, -0.05) is 47.6 Å². The Morgan fingerprint density at radius 1 is 1.07 bits per heavy atom. The summed E-state index contributed by atoms with van der Waals surface area (Å²) < 4.78 is 11.2. The van der Waals surface area contributed by atoms with Crippen LogP contribution >= 0.6 is 0 Å². The molecule has 1 aliphatic heterocycles. The van der Waals surface area contributed by atoms with Crippen molar-refractivity contribution in [1.82, 2.24) is 15.5 Å². The molecule has 0 bridgehead atoms. The van der Waals surface area contributed by atoms with Gasteiger partial charge < -0.3 is 19.4 Å². The molecule has 0 spiro atoms. The predicted octanol–water partition coefficient (Wildman–Crippen LogP) is 3.52. The molecule has 1 aliphatic rings. The Balaban J connectivity index is 1.51. The van der Waals surface area contributed by atoms with Crippen LogP contribution in [0.2, 0.25) is 0 Å². The minimum atomic E-state index is -0.497. The fourth-order valence-electron chi connectivity index (χ4n) is 3.63. The maximum absolute atomic E-state index is 12.8. The van der Waals surface area contributed by atoms with E-state index in [2.05, 4.69) is 20.4 Å². The van der Waals surface area contributed by atoms with Gasteiger partial charge in [-0.3, -0.25) is 4.79 Å². The van der Waals surface area contributed by atoms with Crippen LogP contribution < -0.4 is 15.0 Å². The fourth-order valence-corrected chi connectivity index (χ4v) is 3.63. The third-order valence-electron chi connectivity index (χ3n) is 5.27. The number of nitrogens with zero attached hydrogens (tertiary/aromatic N) is 3. The molecule has 0 radical (unpaired) electrons. The van der Waals surface area contributed by atoms with Gasteiger partial charge >= 0.3 is 6.01 Å². The fraction of sp³-hybridized carbons (Fsp3) is 0.348. The smallest absolute Gasteiger partial charge is 0.318 e. The zero-order valence-corrected chi connectivity index (χ0v) is 17.1. The standard InChI is InChI=1S/C23H26N4O3/c1-29-19-12-10-17(11-13-19)16-20(28)24-21(18-8-4-2-5-9-18)22-25-26-23(30-22)27-14-6-3-7-15-27/h2,4-5,8-13,21H,3,6-7,14-16H2,1H3,(H,24,28). The molecule has 1 fully saturated rings. The number of hydrogen-bond acceptors (Lipinski definition) is 6. The maximum atomic E-state index is 12.8. The lowest BCUT2D eigenvalue weighted by Crippen LogP contribution is -2.31. The number of anilines is 1. The van der Waals surface area contributed by atoms with E-state index in [4.69, 9.17) is 9.15 Å². The number of rotatable bonds is 7. The van der Waals surface area contributed by atoms with Crippen molar-refractivity contribution < 1.29 is 13.9 Å². The van der Waals surface area contributed by atoms with Crippen molar-refractivity contribution in [2.75, 3.05) is 25.1 Å². The predicted molar refractivity (Wildman–Crippen MR) is 113 cm³/mol. The number of nitrogens with one attached hydrogen (secondary N) is 1. The summed E-state index contributed by atoms with van der Waals surface area (Å²) in [5, 5.41) is 11.6. The van der Waals surface area contributed by atoms with E-state index in [0.717, 1.165) is 42.8 Å². The number of amides is 1. The molecule has 1 atom stereocenters. The molecular formula is C23H26N4O3. The van der Waals surface area contributed by atoms with Gasteiger partial charge in [0, 0.05) is 13.1 Å². The zero-order chi connectivity index (χ0) is 20.8. The lowest BCUT2D eigenvalue weighted by molar-refractivity contribution is -0.121. The van der Waals surface area contributed by atoms with Crippen LogP contribution in [0, 0.1) is 0 Å². The lowest BCUT2D eigenvalue weighted by atomic mass is 10.1. The maximum Gasteiger partial charge on any atom is 0.318 e. The molecule has 1 N–H and O–H groups in total. The number of aromatic nitrogens is 2. The minimum absolute atomic E-state index is 0.119. The summed E-state index contributed by atoms with van der Waals surface area (Å²) >= 11 is 0. The molecule has 1 saturated heterocycles. The van der Waals surface area contributed by atoms with E-state index in [0.29, 0.717) is 11.9 Å². The Hall–Kier alpha value is -3.35. The Morgan fingerprint density at radius 3 is 2.50 bits per heavy atom. The van der Waals surface area contributed by atoms with E-state index >= 15 is 0 Å². The highest BCUT2D eigenvalue weighted by molar-refractivity contribution is 5.79. The van der Waals surface area contributed by atoms with Gasteiger partial charge in [0.05, 0.1) is 13.5 Å². The number of hydrogen-bond donors (Lipinski definition) is 1. The largest absolute Gasteiger partial charge is 0.497 e. The van der Waals surface area contributed by atoms with E-state index in [1.54, 1.807) is 7.11 Å². The van der Waals surface area contributed by atoms with Crippen LogP contribution in [0.25, 0.3) is 0 Å². The van der Waals surface area contributed by atoms with Gasteiger partial charge in [0.1, 0.15) is 11.8 Å². The first-order chi connectivity index (χ1) is 14.7. The summed E-state index contributed by atoms with van der Waals surface area (Å²) in [5.41, 5.74) is 1.80. The van der Waals surface area contributed by atoms with Crippen molar-refractivity contribution >= 4 is 11.9 Å². The summed E-state index contributed by atoms with van der Waals surface area (Å²) in [6, 6.07) is 17.2. The summed E-state index contributed by atoms with van der Waals surface area (Å²) in [6.07, 6.45) is 3.73. The number of methoxy groups -OCH3 is 1. The van der Waals surface area contributed by atoms with Crippen molar-refractivity contribution in [3.05, 3.63) is 71.6 Å². The van der Waals surface area contributed by atoms with E-state index in [1.165, 1.54) is 6.42 Å². The zero-order valence-electron chi connectivity index (χ0n) is 17.1. The average molecular weight is 406 g/mol. The van der Waals surface area contributed by atoms with Gasteiger partial charge in [-0.15, -0.1) is 5.10 Å². The molecule has 7 nitrogen and oxygen atoms in total. The third kappa shape index (κ3) is 4.79. The Morgan fingerprint density at radius 2 is 1.80 bits per heavy atom. The second-order valence-electron chi connectivity index (χ2n) is 7.41. The minimum Gasteiger partial charge on any atom is -0.497 e. The topological polar surface area (TPSA) is 80.5 Å². The van der Waals surface area contributed by atoms with Crippen molar-refractivity contribution in [2.45, 2.75) is 31.7 Å². The summed E-state index contributed by atoms with van der Waals surface area (Å²) in [5.74, 6) is 1.04. The Bertz CT molecular complexity index is 950. The van der Waals surface area contributed by atoms with Crippen molar-refractivity contribution in [1.29, 1.82) is 0 Å². The van der Waals surface area contributed by atoms with Gasteiger partial charge in [-0.05, 0) is 42.5 Å². The molecule has 2 heterocycles. The number of ether oxygens (including phenoxy) is 1. The highest BCUT2D eigenvalue weighted by atomic mass is 16.5. The molecule has 1 amide bonds. The average Bonchev–Trinajstić information content (AvgIpc) is 3.29. The first-order valence-electron chi connectivity index (χ1n) is 10.3. The van der Waals surface area contributed by atoms with Gasteiger partial charge in [0.15, 0.2) is 0 Å². The van der Waals surface area contributed by atoms with E-state index < -0.39 is 6.04 Å². The SMILES string of the molecule is COc1ccc(CC(=O)NC(c2ccccc2)c2nnc(N3CCCCC3)o2)cc1. The van der Waals surface area contributed by atoms with Gasteiger partial charge in [0.2, 0.25) is 11.8 Å². The molecule has 1 unspecified atom stereocenters. The third-order valence-corrected chi connectivity index (χ3v) is 5.27. The van der Waals surface area contributed by atoms with Crippen LogP contribution in [0.5, 0.6) is 5.75 Å². The molecule has 3 aromatic rings. The van der Waals surface area contributed by atoms with E-state index in [1.807, 2.05) is 54.6 Å². The molecule has 30 heavy (non-hydrogen) atoms. The molecule has 4 rings (SSSR count). The van der Waals surface area contributed by atoms with Crippen LogP contribution in [-0.2, 0) is 11.2 Å². The summed E-state index contributed by atoms with van der Waals surface area (Å²) in [7, 11) is 1.62. The van der Waals surface area contributed by atoms with Crippen LogP contribution in [0.3, 0.4) is 0 Å². The van der Waals surface area contributed by atoms with Crippen molar-refractivity contribution in [2.24, 2.45) is 0 Å². The van der Waals surface area contributed by atoms with Crippen LogP contribution in [-0.4, -0.2) is 36.3 Å². The van der Waals surface area contributed by atoms with Gasteiger partial charge in [-0.2, -0.15) is 0 Å². The highest BCUT2D eigenvalue weighted by Crippen LogP contribution is 2.25. The molecule has 0 saturated carbocycles. The number of benzene rings is 2. The first kappa shape index (κ1) is 19.9. The van der Waals surface area contributed by atoms with Crippen LogP contribution in [0.4, 0.5) is 6.01 Å². The summed E-state index contributed by atoms with van der Waals surface area (Å²) in [4.78, 5) is 14.9. The van der Waals surface area contributed by atoms with E-state index in [9.17, 15) is 4.79 Å². The van der Waals surface area contributed by atoms with Gasteiger partial charge in [0.25, 0.3) is 0 Å². The van der Waals surface area contributed by atoms with Crippen LogP contribution in [0.15, 0.2) is 59.0 Å². The second-order valence-corrected chi connectivity index (χ2v) is 7.41. The first-order valence-corrected chi connectivity index (χ1v) is 10.3. The summed E-state index contributed by atoms with van der Waals surface area (Å²) in [6.45, 7) is 1.84. The monoisotopic (exact) mass is 406 g/mol. The Kier molecular flexibility index (Phi) is 6.27. The van der Waals surface area contributed by atoms with Crippen molar-refractivity contribution in [3.63, 3.8) is 0 Å². The van der Waals surface area contributed by atoms with Crippen molar-refractivity contribution in [3.8, 4) is 5.75 Å². The molecular weight excluding hydrogens is 380 g/mol. The quantitative estimate of drug-likeness (QED) is 0.647. The highest BCUT2D eigenvalue weighted by Gasteiger charge is 2.25. The van der Waals surface area contributed by atoms with E-state index in [-0.39, 0.29) is 12.3 Å².